The molecule has 0 unspecified atom stereocenters. The molecule has 0 aliphatic rings. The molecule has 0 aliphatic carbocycles. The van der Waals surface area contributed by atoms with Gasteiger partial charge >= 0.3 is 11.9 Å². The molecule has 0 aromatic heterocycles. The Morgan fingerprint density at radius 2 is 1.25 bits per heavy atom. The van der Waals surface area contributed by atoms with Gasteiger partial charge in [0.25, 0.3) is 0 Å². The Morgan fingerprint density at radius 1 is 0.900 bits per heavy atom. The molecule has 0 saturated carbocycles. The van der Waals surface area contributed by atoms with Crippen molar-refractivity contribution in [3.8, 4) is 0 Å². The van der Waals surface area contributed by atoms with Crippen LogP contribution in [-0.2, 0) is 19.1 Å². The van der Waals surface area contributed by atoms with Gasteiger partial charge in [-0.25, -0.2) is 0 Å². The SMILES string of the molecule is CSCC[C@H](N)C(=O)OCCOC(=O)[C@@H](N)CCSC. The molecular weight excluding hydrogens is 300 g/mol. The summed E-state index contributed by atoms with van der Waals surface area (Å²) in [7, 11) is 0. The summed E-state index contributed by atoms with van der Waals surface area (Å²) in [5, 5.41) is 0. The minimum absolute atomic E-state index is 0.00674. The molecule has 4 N–H and O–H groups in total. The monoisotopic (exact) mass is 324 g/mol. The van der Waals surface area contributed by atoms with Crippen molar-refractivity contribution in [3.05, 3.63) is 0 Å². The van der Waals surface area contributed by atoms with Gasteiger partial charge in [0.15, 0.2) is 0 Å². The summed E-state index contributed by atoms with van der Waals surface area (Å²) in [5.74, 6) is 0.661. The normalized spacial score (nSPS) is 13.6. The predicted molar refractivity (Wildman–Crippen MR) is 83.9 cm³/mol. The number of esters is 2. The van der Waals surface area contributed by atoms with Crippen molar-refractivity contribution in [1.82, 2.24) is 0 Å². The maximum absolute atomic E-state index is 11.4. The first kappa shape index (κ1) is 19.6. The quantitative estimate of drug-likeness (QED) is 0.411. The van der Waals surface area contributed by atoms with E-state index in [1.165, 1.54) is 0 Å². The van der Waals surface area contributed by atoms with Crippen LogP contribution in [0, 0.1) is 0 Å². The second kappa shape index (κ2) is 12.3. The van der Waals surface area contributed by atoms with Crippen molar-refractivity contribution < 1.29 is 19.1 Å². The van der Waals surface area contributed by atoms with Crippen LogP contribution in [0.4, 0.5) is 0 Å². The molecule has 0 amide bonds. The highest BCUT2D eigenvalue weighted by Crippen LogP contribution is 2.01. The summed E-state index contributed by atoms with van der Waals surface area (Å²) in [6, 6.07) is -1.25. The summed E-state index contributed by atoms with van der Waals surface area (Å²) < 4.78 is 9.83. The molecule has 0 radical (unpaired) electrons. The maximum Gasteiger partial charge on any atom is 0.323 e. The van der Waals surface area contributed by atoms with E-state index in [9.17, 15) is 9.59 Å². The van der Waals surface area contributed by atoms with Crippen LogP contribution in [0.1, 0.15) is 12.8 Å². The number of hydrogen-bond acceptors (Lipinski definition) is 8. The smallest absolute Gasteiger partial charge is 0.323 e. The molecule has 0 bridgehead atoms. The van der Waals surface area contributed by atoms with Crippen LogP contribution in [-0.4, -0.2) is 61.3 Å². The average Bonchev–Trinajstić information content (AvgIpc) is 2.45. The van der Waals surface area contributed by atoms with E-state index in [4.69, 9.17) is 20.9 Å². The molecule has 0 heterocycles. The summed E-state index contributed by atoms with van der Waals surface area (Å²) in [4.78, 5) is 22.9. The third-order valence-electron chi connectivity index (χ3n) is 2.44. The lowest BCUT2D eigenvalue weighted by Gasteiger charge is -2.13. The van der Waals surface area contributed by atoms with E-state index in [1.807, 2.05) is 12.5 Å². The van der Waals surface area contributed by atoms with Crippen LogP contribution in [0.15, 0.2) is 0 Å². The van der Waals surface area contributed by atoms with Crippen molar-refractivity contribution >= 4 is 35.5 Å². The molecule has 8 heteroatoms. The van der Waals surface area contributed by atoms with E-state index in [0.29, 0.717) is 12.8 Å². The van der Waals surface area contributed by atoms with Gasteiger partial charge in [-0.2, -0.15) is 23.5 Å². The fourth-order valence-electron chi connectivity index (χ4n) is 1.22. The molecule has 118 valence electrons. The van der Waals surface area contributed by atoms with E-state index in [0.717, 1.165) is 11.5 Å². The third-order valence-corrected chi connectivity index (χ3v) is 3.73. The Bertz CT molecular complexity index is 265. The van der Waals surface area contributed by atoms with Gasteiger partial charge in [0.05, 0.1) is 0 Å². The highest BCUT2D eigenvalue weighted by molar-refractivity contribution is 7.98. The van der Waals surface area contributed by atoms with E-state index in [-0.39, 0.29) is 13.2 Å². The van der Waals surface area contributed by atoms with Crippen LogP contribution in [0.5, 0.6) is 0 Å². The Balaban J connectivity index is 3.69. The summed E-state index contributed by atoms with van der Waals surface area (Å²) >= 11 is 3.23. The highest BCUT2D eigenvalue weighted by atomic mass is 32.2. The maximum atomic E-state index is 11.4. The van der Waals surface area contributed by atoms with Gasteiger partial charge in [0.2, 0.25) is 0 Å². The Kier molecular flexibility index (Phi) is 12.0. The fraction of sp³-hybridized carbons (Fsp3) is 0.833. The molecule has 0 saturated heterocycles. The summed E-state index contributed by atoms with van der Waals surface area (Å²) in [5.41, 5.74) is 11.3. The molecule has 0 rings (SSSR count). The van der Waals surface area contributed by atoms with Gasteiger partial charge in [-0.3, -0.25) is 9.59 Å². The second-order valence-electron chi connectivity index (χ2n) is 4.11. The Hall–Kier alpha value is -0.440. The van der Waals surface area contributed by atoms with Crippen LogP contribution in [0.25, 0.3) is 0 Å². The first-order chi connectivity index (χ1) is 9.52. The fourth-order valence-corrected chi connectivity index (χ4v) is 2.20. The number of thioether (sulfide) groups is 2. The molecule has 0 aliphatic heterocycles. The molecule has 0 aromatic rings. The zero-order chi connectivity index (χ0) is 15.4. The number of carbonyl (C=O) groups excluding carboxylic acids is 2. The zero-order valence-electron chi connectivity index (χ0n) is 12.0. The molecular formula is C12H24N2O4S2. The number of ether oxygens (including phenoxy) is 2. The van der Waals surface area contributed by atoms with Crippen molar-refractivity contribution in [2.45, 2.75) is 24.9 Å². The van der Waals surface area contributed by atoms with E-state index in [2.05, 4.69) is 0 Å². The van der Waals surface area contributed by atoms with Crippen LogP contribution < -0.4 is 11.5 Å². The molecule has 0 spiro atoms. The third kappa shape index (κ3) is 9.46. The van der Waals surface area contributed by atoms with Gasteiger partial charge in [-0.1, -0.05) is 0 Å². The zero-order valence-corrected chi connectivity index (χ0v) is 13.6. The number of hydrogen-bond donors (Lipinski definition) is 2. The van der Waals surface area contributed by atoms with Crippen molar-refractivity contribution in [3.63, 3.8) is 0 Å². The van der Waals surface area contributed by atoms with Crippen molar-refractivity contribution in [1.29, 1.82) is 0 Å². The van der Waals surface area contributed by atoms with Gasteiger partial charge in [-0.05, 0) is 36.9 Å². The van der Waals surface area contributed by atoms with Gasteiger partial charge in [0.1, 0.15) is 25.3 Å². The van der Waals surface area contributed by atoms with E-state index < -0.39 is 24.0 Å². The average molecular weight is 324 g/mol. The molecule has 0 aromatic carbocycles. The lowest BCUT2D eigenvalue weighted by atomic mass is 10.2. The van der Waals surface area contributed by atoms with Gasteiger partial charge in [0, 0.05) is 0 Å². The number of carbonyl (C=O) groups is 2. The van der Waals surface area contributed by atoms with Gasteiger partial charge in [-0.15, -0.1) is 0 Å². The first-order valence-electron chi connectivity index (χ1n) is 6.35. The lowest BCUT2D eigenvalue weighted by molar-refractivity contribution is -0.153. The Morgan fingerprint density at radius 3 is 1.55 bits per heavy atom. The summed E-state index contributed by atoms with van der Waals surface area (Å²) in [6.45, 7) is 0.0135. The lowest BCUT2D eigenvalue weighted by Crippen LogP contribution is -2.35. The Labute approximate surface area is 128 Å². The molecule has 20 heavy (non-hydrogen) atoms. The molecule has 0 fully saturated rings. The van der Waals surface area contributed by atoms with E-state index in [1.54, 1.807) is 23.5 Å². The first-order valence-corrected chi connectivity index (χ1v) is 9.14. The van der Waals surface area contributed by atoms with Crippen LogP contribution in [0.2, 0.25) is 0 Å². The second-order valence-corrected chi connectivity index (χ2v) is 6.08. The van der Waals surface area contributed by atoms with E-state index >= 15 is 0 Å². The minimum Gasteiger partial charge on any atom is -0.461 e. The highest BCUT2D eigenvalue weighted by Gasteiger charge is 2.16. The van der Waals surface area contributed by atoms with Crippen molar-refractivity contribution in [2.24, 2.45) is 11.5 Å². The molecule has 2 atom stereocenters. The topological polar surface area (TPSA) is 105 Å². The predicted octanol–water partition coefficient (Wildman–Crippen LogP) is 0.234. The van der Waals surface area contributed by atoms with Crippen LogP contribution in [0.3, 0.4) is 0 Å². The largest absolute Gasteiger partial charge is 0.461 e. The number of nitrogens with two attached hydrogens (primary N) is 2. The molecule has 6 nitrogen and oxygen atoms in total. The van der Waals surface area contributed by atoms with Crippen molar-refractivity contribution in [2.75, 3.05) is 37.2 Å². The number of rotatable bonds is 11. The minimum atomic E-state index is -0.623. The standard InChI is InChI=1S/C12H24N2O4S2/c1-19-7-3-9(13)11(15)17-5-6-18-12(16)10(14)4-8-20-2/h9-10H,3-8,13-14H2,1-2H3/t9-,10-/m0/s1. The van der Waals surface area contributed by atoms with Gasteiger partial charge < -0.3 is 20.9 Å². The van der Waals surface area contributed by atoms with Crippen LogP contribution >= 0.6 is 23.5 Å². The summed E-state index contributed by atoms with van der Waals surface area (Å²) in [6.07, 6.45) is 5.02.